The van der Waals surface area contributed by atoms with Gasteiger partial charge in [-0.3, -0.25) is 0 Å². The number of fused-ring (bicyclic) bond motifs is 1. The molecule has 1 aromatic carbocycles. The fourth-order valence-electron chi connectivity index (χ4n) is 2.08. The van der Waals surface area contributed by atoms with Crippen LogP contribution in [0.2, 0.25) is 0 Å². The normalized spacial score (nSPS) is 13.0. The molecule has 1 aliphatic heterocycles. The van der Waals surface area contributed by atoms with E-state index >= 15 is 0 Å². The number of ether oxygens (including phenoxy) is 3. The Morgan fingerprint density at radius 2 is 2.24 bits per heavy atom. The van der Waals surface area contributed by atoms with Gasteiger partial charge in [0.1, 0.15) is 5.01 Å². The van der Waals surface area contributed by atoms with Crippen molar-refractivity contribution in [2.24, 2.45) is 0 Å². The summed E-state index contributed by atoms with van der Waals surface area (Å²) in [5, 5.41) is 4.34. The van der Waals surface area contributed by atoms with Crippen molar-refractivity contribution in [3.63, 3.8) is 0 Å². The van der Waals surface area contributed by atoms with E-state index in [1.807, 2.05) is 18.3 Å². The molecule has 2 aromatic rings. The van der Waals surface area contributed by atoms with Crippen molar-refractivity contribution in [1.82, 2.24) is 10.3 Å². The number of benzene rings is 1. The summed E-state index contributed by atoms with van der Waals surface area (Å²) in [6, 6.07) is 4.34. The lowest BCUT2D eigenvalue weighted by atomic mass is 10.2. The first-order chi connectivity index (χ1) is 10.2. The molecule has 0 saturated heterocycles. The molecular weight excluding hydrogens is 288 g/mol. The van der Waals surface area contributed by atoms with Crippen molar-refractivity contribution in [2.45, 2.75) is 26.4 Å². The number of aromatic nitrogens is 1. The summed E-state index contributed by atoms with van der Waals surface area (Å²) >= 11 is 1.67. The van der Waals surface area contributed by atoms with Gasteiger partial charge < -0.3 is 19.5 Å². The number of nitrogens with one attached hydrogen (secondary N) is 1. The van der Waals surface area contributed by atoms with E-state index in [-0.39, 0.29) is 6.79 Å². The van der Waals surface area contributed by atoms with Crippen LogP contribution in [0.15, 0.2) is 18.3 Å². The molecule has 0 bridgehead atoms. The van der Waals surface area contributed by atoms with Crippen LogP contribution in [0.25, 0.3) is 10.6 Å². The highest BCUT2D eigenvalue weighted by Crippen LogP contribution is 2.44. The molecule has 1 aromatic heterocycles. The molecule has 21 heavy (non-hydrogen) atoms. The lowest BCUT2D eigenvalue weighted by Crippen LogP contribution is -2.21. The van der Waals surface area contributed by atoms with E-state index in [0.717, 1.165) is 17.1 Å². The molecule has 0 fully saturated rings. The predicted octanol–water partition coefficient (Wildman–Crippen LogP) is 3.05. The van der Waals surface area contributed by atoms with Gasteiger partial charge in [-0.1, -0.05) is 13.8 Å². The smallest absolute Gasteiger partial charge is 0.231 e. The third-order valence-electron chi connectivity index (χ3n) is 3.14. The van der Waals surface area contributed by atoms with Crippen molar-refractivity contribution in [3.8, 4) is 27.8 Å². The molecule has 0 atom stereocenters. The molecule has 0 unspecified atom stereocenters. The number of methoxy groups -OCH3 is 1. The lowest BCUT2D eigenvalue weighted by Gasteiger charge is -2.06. The van der Waals surface area contributed by atoms with E-state index in [1.54, 1.807) is 18.4 Å². The van der Waals surface area contributed by atoms with Gasteiger partial charge in [-0.2, -0.15) is 0 Å². The van der Waals surface area contributed by atoms with Crippen molar-refractivity contribution >= 4 is 11.3 Å². The van der Waals surface area contributed by atoms with Crippen LogP contribution in [0, 0.1) is 0 Å². The number of rotatable bonds is 5. The third kappa shape index (κ3) is 2.96. The minimum absolute atomic E-state index is 0.233. The second kappa shape index (κ2) is 5.91. The summed E-state index contributed by atoms with van der Waals surface area (Å²) in [5.74, 6) is 2.05. The molecule has 0 amide bonds. The Kier molecular flexibility index (Phi) is 3.98. The molecule has 0 saturated carbocycles. The van der Waals surface area contributed by atoms with E-state index in [1.165, 1.54) is 4.88 Å². The first-order valence-electron chi connectivity index (χ1n) is 6.83. The molecule has 1 aliphatic rings. The molecule has 0 aliphatic carbocycles. The van der Waals surface area contributed by atoms with Gasteiger partial charge in [-0.25, -0.2) is 4.98 Å². The van der Waals surface area contributed by atoms with E-state index in [9.17, 15) is 0 Å². The van der Waals surface area contributed by atoms with Crippen LogP contribution in [0.1, 0.15) is 18.7 Å². The molecule has 0 spiro atoms. The van der Waals surface area contributed by atoms with E-state index in [0.29, 0.717) is 23.3 Å². The summed E-state index contributed by atoms with van der Waals surface area (Å²) in [5.41, 5.74) is 0.983. The topological polar surface area (TPSA) is 52.6 Å². The SMILES string of the molecule is COc1cc(-c2ncc(CNC(C)C)s2)cc2c1OCO2. The summed E-state index contributed by atoms with van der Waals surface area (Å²) in [6.45, 7) is 5.32. The maximum atomic E-state index is 5.45. The second-order valence-corrected chi connectivity index (χ2v) is 6.19. The minimum atomic E-state index is 0.233. The Labute approximate surface area is 127 Å². The van der Waals surface area contributed by atoms with Crippen LogP contribution in [0.4, 0.5) is 0 Å². The van der Waals surface area contributed by atoms with Crippen LogP contribution >= 0.6 is 11.3 Å². The van der Waals surface area contributed by atoms with Crippen LogP contribution in [0.5, 0.6) is 17.2 Å². The molecule has 0 radical (unpaired) electrons. The monoisotopic (exact) mass is 306 g/mol. The summed E-state index contributed by atoms with van der Waals surface area (Å²) < 4.78 is 16.2. The van der Waals surface area contributed by atoms with Gasteiger partial charge in [0.15, 0.2) is 11.5 Å². The second-order valence-electron chi connectivity index (χ2n) is 5.08. The van der Waals surface area contributed by atoms with E-state index < -0.39 is 0 Å². The van der Waals surface area contributed by atoms with Crippen LogP contribution in [-0.2, 0) is 6.54 Å². The van der Waals surface area contributed by atoms with Crippen LogP contribution in [0.3, 0.4) is 0 Å². The zero-order valence-electron chi connectivity index (χ0n) is 12.3. The fourth-order valence-corrected chi connectivity index (χ4v) is 2.93. The largest absolute Gasteiger partial charge is 0.493 e. The highest BCUT2D eigenvalue weighted by molar-refractivity contribution is 7.15. The average Bonchev–Trinajstić information content (AvgIpc) is 3.12. The highest BCUT2D eigenvalue weighted by atomic mass is 32.1. The summed E-state index contributed by atoms with van der Waals surface area (Å²) in [4.78, 5) is 5.70. The van der Waals surface area contributed by atoms with E-state index in [2.05, 4.69) is 24.1 Å². The maximum absolute atomic E-state index is 5.45. The Morgan fingerprint density at radius 1 is 1.38 bits per heavy atom. The zero-order chi connectivity index (χ0) is 14.8. The standard InChI is InChI=1S/C15H18N2O3S/c1-9(2)16-6-11-7-17-15(21-11)10-4-12(18-3)14-13(5-10)19-8-20-14/h4-5,7,9,16H,6,8H2,1-3H3. The van der Waals surface area contributed by atoms with Gasteiger partial charge in [-0.05, 0) is 12.1 Å². The highest BCUT2D eigenvalue weighted by Gasteiger charge is 2.21. The number of hydrogen-bond donors (Lipinski definition) is 1. The van der Waals surface area contributed by atoms with Gasteiger partial charge in [0, 0.05) is 29.2 Å². The number of hydrogen-bond acceptors (Lipinski definition) is 6. The Bertz CT molecular complexity index is 640. The van der Waals surface area contributed by atoms with Crippen molar-refractivity contribution in [3.05, 3.63) is 23.2 Å². The first-order valence-corrected chi connectivity index (χ1v) is 7.65. The van der Waals surface area contributed by atoms with Crippen LogP contribution in [-0.4, -0.2) is 24.9 Å². The lowest BCUT2D eigenvalue weighted by molar-refractivity contribution is 0.171. The molecule has 112 valence electrons. The number of nitrogens with zero attached hydrogens (tertiary/aromatic N) is 1. The first kappa shape index (κ1) is 14.2. The molecule has 2 heterocycles. The Morgan fingerprint density at radius 3 is 3.00 bits per heavy atom. The zero-order valence-corrected chi connectivity index (χ0v) is 13.1. The number of thiazole rings is 1. The predicted molar refractivity (Wildman–Crippen MR) is 82.2 cm³/mol. The fraction of sp³-hybridized carbons (Fsp3) is 0.400. The summed E-state index contributed by atoms with van der Waals surface area (Å²) in [7, 11) is 1.63. The van der Waals surface area contributed by atoms with E-state index in [4.69, 9.17) is 14.2 Å². The quantitative estimate of drug-likeness (QED) is 0.920. The van der Waals surface area contributed by atoms with Crippen LogP contribution < -0.4 is 19.5 Å². The average molecular weight is 306 g/mol. The van der Waals surface area contributed by atoms with Crippen molar-refractivity contribution < 1.29 is 14.2 Å². The van der Waals surface area contributed by atoms with Gasteiger partial charge in [0.2, 0.25) is 12.5 Å². The minimum Gasteiger partial charge on any atom is -0.493 e. The molecule has 6 heteroatoms. The molecule has 3 rings (SSSR count). The van der Waals surface area contributed by atoms with Crippen molar-refractivity contribution in [1.29, 1.82) is 0 Å². The van der Waals surface area contributed by atoms with Gasteiger partial charge >= 0.3 is 0 Å². The third-order valence-corrected chi connectivity index (χ3v) is 4.19. The van der Waals surface area contributed by atoms with Crippen molar-refractivity contribution in [2.75, 3.05) is 13.9 Å². The Balaban J connectivity index is 1.87. The van der Waals surface area contributed by atoms with Gasteiger partial charge in [0.05, 0.1) is 7.11 Å². The maximum Gasteiger partial charge on any atom is 0.231 e. The van der Waals surface area contributed by atoms with Gasteiger partial charge in [0.25, 0.3) is 0 Å². The molecule has 1 N–H and O–H groups in total. The Hall–Kier alpha value is -1.79. The molecule has 5 nitrogen and oxygen atoms in total. The molecular formula is C15H18N2O3S. The van der Waals surface area contributed by atoms with Gasteiger partial charge in [-0.15, -0.1) is 11.3 Å². The summed E-state index contributed by atoms with van der Waals surface area (Å²) in [6.07, 6.45) is 1.91.